The fraction of sp³-hybridized carbons (Fsp3) is 0.650. The van der Waals surface area contributed by atoms with E-state index < -0.39 is 0 Å². The second-order valence-corrected chi connectivity index (χ2v) is 8.26. The van der Waals surface area contributed by atoms with Gasteiger partial charge in [-0.3, -0.25) is 9.69 Å². The maximum atomic E-state index is 13.0. The Morgan fingerprint density at radius 3 is 2.42 bits per heavy atom. The number of carbonyl (C=O) groups is 1. The largest absolute Gasteiger partial charge is 0.374 e. The lowest BCUT2D eigenvalue weighted by Crippen LogP contribution is -2.64. The minimum Gasteiger partial charge on any atom is -0.374 e. The molecule has 0 radical (unpaired) electrons. The molecular formula is C20H31ClN4O. The van der Waals surface area contributed by atoms with Crippen LogP contribution in [-0.4, -0.2) is 79.0 Å². The van der Waals surface area contributed by atoms with Crippen LogP contribution in [0.25, 0.3) is 0 Å². The number of likely N-dealkylation sites (tertiary alicyclic amines) is 1. The molecule has 2 heterocycles. The number of likely N-dealkylation sites (N-methyl/N-ethyl adjacent to an activating group) is 2. The average molecular weight is 379 g/mol. The Balaban J connectivity index is 1.60. The van der Waals surface area contributed by atoms with Crippen LogP contribution in [0.1, 0.15) is 26.2 Å². The summed E-state index contributed by atoms with van der Waals surface area (Å²) in [4.78, 5) is 20.0. The van der Waals surface area contributed by atoms with Gasteiger partial charge in [-0.15, -0.1) is 0 Å². The molecule has 5 nitrogen and oxygen atoms in total. The Hall–Kier alpha value is -1.30. The summed E-state index contributed by atoms with van der Waals surface area (Å²) in [6.45, 7) is 7.09. The zero-order chi connectivity index (χ0) is 18.7. The maximum Gasteiger partial charge on any atom is 0.245 e. The molecule has 26 heavy (non-hydrogen) atoms. The molecule has 6 heteroatoms. The lowest BCUT2D eigenvalue weighted by molar-refractivity contribution is -0.135. The van der Waals surface area contributed by atoms with Gasteiger partial charge in [0.05, 0.1) is 0 Å². The minimum atomic E-state index is -0.183. The zero-order valence-electron chi connectivity index (χ0n) is 16.2. The molecule has 1 aromatic rings. The molecule has 2 saturated heterocycles. The van der Waals surface area contributed by atoms with E-state index in [9.17, 15) is 4.79 Å². The molecule has 1 atom stereocenters. The lowest BCUT2D eigenvalue weighted by atomic mass is 9.83. The van der Waals surface area contributed by atoms with Gasteiger partial charge in [-0.05, 0) is 57.6 Å². The number of rotatable bonds is 4. The molecular weight excluding hydrogens is 348 g/mol. The number of hydrogen-bond donors (Lipinski definition) is 1. The summed E-state index contributed by atoms with van der Waals surface area (Å²) < 4.78 is 0. The van der Waals surface area contributed by atoms with Crippen LogP contribution in [0.5, 0.6) is 0 Å². The number of benzene rings is 1. The smallest absolute Gasteiger partial charge is 0.245 e. The molecule has 2 aliphatic heterocycles. The third-order valence-corrected chi connectivity index (χ3v) is 6.34. The average Bonchev–Trinajstić information content (AvgIpc) is 2.65. The highest BCUT2D eigenvalue weighted by molar-refractivity contribution is 6.30. The third kappa shape index (κ3) is 4.16. The van der Waals surface area contributed by atoms with Crippen molar-refractivity contribution in [2.75, 3.05) is 52.1 Å². The van der Waals surface area contributed by atoms with Gasteiger partial charge >= 0.3 is 0 Å². The maximum absolute atomic E-state index is 13.0. The number of nitrogens with zero attached hydrogens (tertiary/aromatic N) is 3. The van der Waals surface area contributed by atoms with Gasteiger partial charge in [0.15, 0.2) is 0 Å². The number of anilines is 1. The van der Waals surface area contributed by atoms with Crippen molar-refractivity contribution in [2.45, 2.75) is 37.8 Å². The molecule has 2 fully saturated rings. The standard InChI is InChI=1S/C20H31ClN4O/c1-4-18(22-17-7-5-16(21)6-8-17)19(26)25-11-9-20(10-12-25)15-23(2)13-14-24(20)3/h5-8,18,22H,4,9-15H2,1-3H3. The topological polar surface area (TPSA) is 38.8 Å². The summed E-state index contributed by atoms with van der Waals surface area (Å²) in [6.07, 6.45) is 2.87. The Labute approximate surface area is 162 Å². The van der Waals surface area contributed by atoms with E-state index in [-0.39, 0.29) is 17.5 Å². The van der Waals surface area contributed by atoms with Crippen LogP contribution in [0.3, 0.4) is 0 Å². The van der Waals surface area contributed by atoms with Crippen molar-refractivity contribution in [3.8, 4) is 0 Å². The van der Waals surface area contributed by atoms with Gasteiger partial charge in [0, 0.05) is 49.0 Å². The molecule has 1 unspecified atom stereocenters. The number of hydrogen-bond acceptors (Lipinski definition) is 4. The number of carbonyl (C=O) groups excluding carboxylic acids is 1. The van der Waals surface area contributed by atoms with Crippen LogP contribution in [0.4, 0.5) is 5.69 Å². The highest BCUT2D eigenvalue weighted by Gasteiger charge is 2.42. The number of piperidine rings is 1. The monoisotopic (exact) mass is 378 g/mol. The summed E-state index contributed by atoms with van der Waals surface area (Å²) in [7, 11) is 4.44. The van der Waals surface area contributed by atoms with Crippen molar-refractivity contribution in [1.82, 2.24) is 14.7 Å². The van der Waals surface area contributed by atoms with Gasteiger partial charge in [-0.1, -0.05) is 18.5 Å². The van der Waals surface area contributed by atoms with Crippen LogP contribution in [-0.2, 0) is 4.79 Å². The molecule has 0 aliphatic carbocycles. The van der Waals surface area contributed by atoms with E-state index in [0.717, 1.165) is 57.7 Å². The number of amides is 1. The molecule has 1 aromatic carbocycles. The second-order valence-electron chi connectivity index (χ2n) is 7.82. The number of piperazine rings is 1. The first-order valence-corrected chi connectivity index (χ1v) is 10.0. The van der Waals surface area contributed by atoms with Crippen LogP contribution in [0.15, 0.2) is 24.3 Å². The molecule has 2 aliphatic rings. The lowest BCUT2D eigenvalue weighted by Gasteiger charge is -2.52. The molecule has 3 rings (SSSR count). The van der Waals surface area contributed by atoms with Gasteiger partial charge < -0.3 is 15.1 Å². The first-order valence-electron chi connectivity index (χ1n) is 9.64. The van der Waals surface area contributed by atoms with Gasteiger partial charge in [0.25, 0.3) is 0 Å². The first kappa shape index (κ1) is 19.5. The normalized spacial score (nSPS) is 22.4. The summed E-state index contributed by atoms with van der Waals surface area (Å²) in [6, 6.07) is 7.37. The van der Waals surface area contributed by atoms with Crippen LogP contribution >= 0.6 is 11.6 Å². The van der Waals surface area contributed by atoms with Gasteiger partial charge in [-0.25, -0.2) is 0 Å². The highest BCUT2D eigenvalue weighted by Crippen LogP contribution is 2.31. The molecule has 0 bridgehead atoms. The Morgan fingerprint density at radius 2 is 1.81 bits per heavy atom. The van der Waals surface area contributed by atoms with Crippen molar-refractivity contribution in [1.29, 1.82) is 0 Å². The fourth-order valence-corrected chi connectivity index (χ4v) is 4.38. The van der Waals surface area contributed by atoms with E-state index in [2.05, 4.69) is 36.1 Å². The van der Waals surface area contributed by atoms with Crippen molar-refractivity contribution in [2.24, 2.45) is 0 Å². The van der Waals surface area contributed by atoms with E-state index in [1.807, 2.05) is 29.2 Å². The predicted octanol–water partition coefficient (Wildman–Crippen LogP) is 2.77. The Kier molecular flexibility index (Phi) is 6.10. The van der Waals surface area contributed by atoms with Crippen molar-refractivity contribution >= 4 is 23.2 Å². The summed E-state index contributed by atoms with van der Waals surface area (Å²) >= 11 is 5.95. The van der Waals surface area contributed by atoms with E-state index >= 15 is 0 Å². The van der Waals surface area contributed by atoms with E-state index in [4.69, 9.17) is 11.6 Å². The molecule has 0 saturated carbocycles. The SMILES string of the molecule is CCC(Nc1ccc(Cl)cc1)C(=O)N1CCC2(CC1)CN(C)CCN2C. The quantitative estimate of drug-likeness (QED) is 0.874. The second kappa shape index (κ2) is 8.15. The third-order valence-electron chi connectivity index (χ3n) is 6.09. The van der Waals surface area contributed by atoms with Crippen molar-refractivity contribution in [3.05, 3.63) is 29.3 Å². The minimum absolute atomic E-state index is 0.183. The van der Waals surface area contributed by atoms with Crippen molar-refractivity contribution < 1.29 is 4.79 Å². The van der Waals surface area contributed by atoms with Gasteiger partial charge in [-0.2, -0.15) is 0 Å². The summed E-state index contributed by atoms with van der Waals surface area (Å²) in [5.41, 5.74) is 1.17. The molecule has 1 spiro atoms. The van der Waals surface area contributed by atoms with Crippen LogP contribution in [0, 0.1) is 0 Å². The van der Waals surface area contributed by atoms with Crippen molar-refractivity contribution in [3.63, 3.8) is 0 Å². The fourth-order valence-electron chi connectivity index (χ4n) is 4.25. The van der Waals surface area contributed by atoms with Gasteiger partial charge in [0.2, 0.25) is 5.91 Å². The Morgan fingerprint density at radius 1 is 1.15 bits per heavy atom. The zero-order valence-corrected chi connectivity index (χ0v) is 16.9. The highest BCUT2D eigenvalue weighted by atomic mass is 35.5. The molecule has 1 N–H and O–H groups in total. The summed E-state index contributed by atoms with van der Waals surface area (Å²) in [5.74, 6) is 0.212. The van der Waals surface area contributed by atoms with Gasteiger partial charge in [0.1, 0.15) is 6.04 Å². The molecule has 1 amide bonds. The molecule has 0 aromatic heterocycles. The predicted molar refractivity (Wildman–Crippen MR) is 108 cm³/mol. The van der Waals surface area contributed by atoms with E-state index in [0.29, 0.717) is 5.02 Å². The molecule has 144 valence electrons. The number of nitrogens with one attached hydrogen (secondary N) is 1. The van der Waals surface area contributed by atoms with E-state index in [1.54, 1.807) is 0 Å². The number of halogens is 1. The first-order chi connectivity index (χ1) is 12.4. The van der Waals surface area contributed by atoms with E-state index in [1.165, 1.54) is 0 Å². The Bertz CT molecular complexity index is 613. The summed E-state index contributed by atoms with van der Waals surface area (Å²) in [5, 5.41) is 4.08. The van der Waals surface area contributed by atoms with Crippen LogP contribution in [0.2, 0.25) is 5.02 Å². The van der Waals surface area contributed by atoms with Crippen LogP contribution < -0.4 is 5.32 Å².